The van der Waals surface area contributed by atoms with Crippen molar-refractivity contribution in [2.24, 2.45) is 22.9 Å². The van der Waals surface area contributed by atoms with Gasteiger partial charge in [0.25, 0.3) is 0 Å². The summed E-state index contributed by atoms with van der Waals surface area (Å²) in [5.74, 6) is 0.557. The summed E-state index contributed by atoms with van der Waals surface area (Å²) in [6.07, 6.45) is 24.3. The molecule has 8 aliphatic rings. The topological polar surface area (TPSA) is 425 Å². The Kier molecular flexibility index (Phi) is 49.7. The Morgan fingerprint density at radius 2 is 0.704 bits per heavy atom. The number of nitriles is 4. The third-order valence-electron chi connectivity index (χ3n) is 22.2. The van der Waals surface area contributed by atoms with Crippen LogP contribution >= 0.6 is 0 Å². The maximum absolute atomic E-state index is 11.4. The van der Waals surface area contributed by atoms with Gasteiger partial charge in [0.2, 0.25) is 0 Å². The molecule has 30 heteroatoms. The molecule has 11 unspecified atom stereocenters. The van der Waals surface area contributed by atoms with Gasteiger partial charge >= 0.3 is 24.6 Å². The lowest BCUT2D eigenvalue weighted by molar-refractivity contribution is -0.193. The molecule has 17 rings (SSSR count). The molecule has 9 aromatic rings. The standard InChI is InChI=1S/C20H22N6O.C19H23N3O.C18H20N6O.C16H17N3O.9C2H6.4CO2/c1-20(27)12-14(6-10-25-11-8-22-23-25)18-19-16(7-9-24(18)13-21)15-4-2-3-5-17(15)26(19)20;1-3-6-13-11-19(2,23)22-16-8-5-4-7-14(16)15-9-10-21(12-20)17(13)18(15)22;1-18(25)10-12(6-8-21-22-20)16-17-14(7-9-23(16)11-19)13-4-2-3-5-15(13)24(17)18;1-16(20)8-6-14-15-12(7-9-18(14)10-17)11-4-2-3-5-13(11)19(15)16;9*1-2;4*2-1-3/h2-5,8,11,14,18,27H,6-7,9-10,12H2,1H3;4-5,7-8,13,17,23H,3,6,9-11H2,1-2H3;2-5,12,16,25H,6-10H2,1H3;2-5,14,20H,6-9H2,1H3;9*1-2H3;;;;. The summed E-state index contributed by atoms with van der Waals surface area (Å²) in [5, 5.41) is 99.4. The fourth-order valence-corrected chi connectivity index (χ4v) is 18.7. The van der Waals surface area contributed by atoms with Crippen molar-refractivity contribution >= 4 is 68.2 Å². The lowest BCUT2D eigenvalue weighted by Gasteiger charge is -2.47. The second-order valence-corrected chi connectivity index (χ2v) is 28.5. The van der Waals surface area contributed by atoms with E-state index in [0.717, 1.165) is 122 Å². The van der Waals surface area contributed by atoms with E-state index in [-0.39, 0.29) is 60.6 Å². The Labute approximate surface area is 738 Å². The summed E-state index contributed by atoms with van der Waals surface area (Å²) in [7, 11) is 0. The number of aromatic nitrogens is 7. The van der Waals surface area contributed by atoms with Crippen LogP contribution in [0.4, 0.5) is 0 Å². The molecular weight excluding hydrogens is 1590 g/mol. The molecule has 125 heavy (non-hydrogen) atoms. The van der Waals surface area contributed by atoms with Gasteiger partial charge in [0.15, 0.2) is 24.8 Å². The Morgan fingerprint density at radius 1 is 0.424 bits per heavy atom. The van der Waals surface area contributed by atoms with E-state index < -0.39 is 22.9 Å². The molecule has 0 saturated heterocycles. The number of aryl methyl sites for hydroxylation is 1. The summed E-state index contributed by atoms with van der Waals surface area (Å²) in [6, 6.07) is 33.2. The summed E-state index contributed by atoms with van der Waals surface area (Å²) >= 11 is 0. The SMILES string of the molecule is CC.CC.CC.CC.CC.CC.CC.CC.CC.CC1(O)CC(CCN=[N+]=[N-])C2c3c(c4ccccc4n31)CCN2C#N.CC1(O)CC(CCn2ccnn2)C2c3c(c4ccccc4n31)CCN2C#N.CC1(O)CCC2c3c(c4ccccc4n31)CCN2C#N.CCCC1CC(C)(O)n2c3c(c4ccccc42)CCN(C#N)C31.O=C=O.O=C=O.O=C=O.O=C=O. The van der Waals surface area contributed by atoms with Crippen LogP contribution in [0.3, 0.4) is 0 Å². The number of azide groups is 1. The van der Waals surface area contributed by atoms with Crippen molar-refractivity contribution in [1.29, 1.82) is 21.0 Å². The Hall–Kier alpha value is -12.0. The van der Waals surface area contributed by atoms with Crippen LogP contribution in [0.15, 0.2) is 115 Å². The highest BCUT2D eigenvalue weighted by molar-refractivity contribution is 5.89. The minimum atomic E-state index is -1.02. The first kappa shape index (κ1) is 111. The van der Waals surface area contributed by atoms with Crippen molar-refractivity contribution < 1.29 is 58.8 Å². The van der Waals surface area contributed by atoms with Crippen LogP contribution in [0.5, 0.6) is 0 Å². The lowest BCUT2D eigenvalue weighted by atomic mass is 9.78. The number of para-hydroxylation sites is 4. The van der Waals surface area contributed by atoms with E-state index in [1.807, 2.05) is 236 Å². The van der Waals surface area contributed by atoms with Crippen LogP contribution in [-0.4, -0.2) is 131 Å². The lowest BCUT2D eigenvalue weighted by Crippen LogP contribution is -2.47. The number of nitrogens with zero attached hydrogens (tertiary/aromatic N) is 18. The first-order valence-electron chi connectivity index (χ1n) is 44.4. The van der Waals surface area contributed by atoms with Crippen LogP contribution in [0, 0.1) is 63.6 Å². The number of hydrogen-bond donors (Lipinski definition) is 4. The van der Waals surface area contributed by atoms with Gasteiger partial charge in [-0.05, 0) is 155 Å². The van der Waals surface area contributed by atoms with E-state index >= 15 is 0 Å². The normalized spacial score (nSPS) is 21.9. The minimum Gasteiger partial charge on any atom is -0.371 e. The number of fused-ring (bicyclic) bond motifs is 12. The molecule has 0 aliphatic carbocycles. The molecule has 30 nitrogen and oxygen atoms in total. The van der Waals surface area contributed by atoms with Gasteiger partial charge in [-0.25, -0.2) is 0 Å². The minimum absolute atomic E-state index is 0.00473. The van der Waals surface area contributed by atoms with E-state index in [0.29, 0.717) is 51.1 Å². The van der Waals surface area contributed by atoms with E-state index in [2.05, 4.69) is 114 Å². The Balaban J connectivity index is 0.000000756. The van der Waals surface area contributed by atoms with Gasteiger partial charge in [0.05, 0.1) is 52.4 Å². The van der Waals surface area contributed by atoms with Crippen LogP contribution in [0.1, 0.15) is 286 Å². The Morgan fingerprint density at radius 3 is 0.992 bits per heavy atom. The number of hydrogen-bond acceptors (Lipinski definition) is 23. The second-order valence-electron chi connectivity index (χ2n) is 28.5. The summed E-state index contributed by atoms with van der Waals surface area (Å²) in [6.45, 7) is 49.8. The monoisotopic (exact) mass is 1720 g/mol. The van der Waals surface area contributed by atoms with E-state index in [1.165, 1.54) is 44.1 Å². The zero-order valence-electron chi connectivity index (χ0n) is 78.0. The smallest absolute Gasteiger partial charge is 0.371 e. The largest absolute Gasteiger partial charge is 0.373 e. The second kappa shape index (κ2) is 56.0. The number of rotatable bonds is 8. The van der Waals surface area contributed by atoms with Crippen molar-refractivity contribution in [2.75, 3.05) is 32.7 Å². The molecule has 0 saturated carbocycles. The van der Waals surface area contributed by atoms with Crippen molar-refractivity contribution in [3.05, 3.63) is 165 Å². The first-order chi connectivity index (χ1) is 60.5. The molecule has 0 radical (unpaired) electrons. The molecule has 0 spiro atoms. The summed E-state index contributed by atoms with van der Waals surface area (Å²) in [5.41, 5.74) is 18.8. The van der Waals surface area contributed by atoms with E-state index in [4.69, 9.17) is 43.9 Å². The zero-order valence-corrected chi connectivity index (χ0v) is 78.0. The highest BCUT2D eigenvalue weighted by atomic mass is 16.3. The summed E-state index contributed by atoms with van der Waals surface area (Å²) < 4.78 is 10.1. The number of aliphatic hydroxyl groups is 4. The molecule has 4 aromatic carbocycles. The average Bonchev–Trinajstić information content (AvgIpc) is 1.58. The molecule has 11 atom stereocenters. The molecule has 8 aliphatic heterocycles. The van der Waals surface area contributed by atoms with Gasteiger partial charge in [-0.2, -0.15) is 59.4 Å². The predicted octanol–water partition coefficient (Wildman–Crippen LogP) is 18.7. The maximum Gasteiger partial charge on any atom is 0.373 e. The molecule has 4 N–H and O–H groups in total. The third kappa shape index (κ3) is 25.0. The fourth-order valence-electron chi connectivity index (χ4n) is 18.7. The van der Waals surface area contributed by atoms with Crippen LogP contribution in [0.25, 0.3) is 54.1 Å². The van der Waals surface area contributed by atoms with Gasteiger partial charge in [-0.3, -0.25) is 4.68 Å². The zero-order chi connectivity index (χ0) is 95.1. The third-order valence-corrected chi connectivity index (χ3v) is 22.2. The number of carbonyl (C=O) groups excluding carboxylic acids is 8. The molecular formula is C95H136N18O12. The number of benzene rings is 4. The van der Waals surface area contributed by atoms with Gasteiger partial charge in [0, 0.05) is 114 Å². The molecule has 678 valence electrons. The van der Waals surface area contributed by atoms with E-state index in [9.17, 15) is 41.5 Å². The quantitative estimate of drug-likeness (QED) is 0.0475. The first-order valence-corrected chi connectivity index (χ1v) is 44.4. The average molecular weight is 1720 g/mol. The van der Waals surface area contributed by atoms with E-state index in [1.54, 1.807) is 6.20 Å². The van der Waals surface area contributed by atoms with Crippen LogP contribution in [0.2, 0.25) is 0 Å². The molecule has 0 fully saturated rings. The van der Waals surface area contributed by atoms with Gasteiger partial charge < -0.3 is 58.3 Å². The van der Waals surface area contributed by atoms with Gasteiger partial charge in [-0.15, -0.1) is 5.10 Å². The van der Waals surface area contributed by atoms with Gasteiger partial charge in [0.1, 0.15) is 22.9 Å². The van der Waals surface area contributed by atoms with Gasteiger partial charge in [-0.1, -0.05) is 221 Å². The predicted molar refractivity (Wildman–Crippen MR) is 480 cm³/mol. The maximum atomic E-state index is 11.4. The highest BCUT2D eigenvalue weighted by Crippen LogP contribution is 2.55. The van der Waals surface area contributed by atoms with Crippen molar-refractivity contribution in [2.45, 2.75) is 296 Å². The molecule has 0 bridgehead atoms. The van der Waals surface area contributed by atoms with Crippen molar-refractivity contribution in [3.63, 3.8) is 0 Å². The fraction of sp³-hybridized carbons (Fsp3) is 0.558. The van der Waals surface area contributed by atoms with Crippen LogP contribution in [-0.2, 0) is 93.5 Å². The van der Waals surface area contributed by atoms with Crippen LogP contribution < -0.4 is 0 Å². The van der Waals surface area contributed by atoms with Crippen molar-refractivity contribution in [3.8, 4) is 24.8 Å². The highest BCUT2D eigenvalue weighted by Gasteiger charge is 2.51. The molecule has 0 amide bonds. The molecule has 5 aromatic heterocycles. The Bertz CT molecular complexity index is 5060. The summed E-state index contributed by atoms with van der Waals surface area (Å²) in [4.78, 5) is 75.4. The van der Waals surface area contributed by atoms with Crippen molar-refractivity contribution in [1.82, 2.24) is 52.9 Å². The molecule has 13 heterocycles.